The molecule has 0 radical (unpaired) electrons. The standard InChI is InChI=1S/C82H48N6/c1-2-16-49(17-3-1)50-30-36-54(37-31-50)79-64-22-8-12-26-69(64)83-81(85-79)88-72-29-15-11-25-67(72)78-63-43-41-56-48-68(58-20-6-7-21-59(58)76(56)61(63)45-47-74(78)88)52-33-38-55(39-34-52)80-65-23-9-13-27-70(65)84-82(86-80)87-71-28-14-10-24-66(71)77-62-42-40-53-35-32-51-18-4-5-19-57(51)75(53)60(62)44-46-73(77)87/h1-48H. The predicted molar refractivity (Wildman–Crippen MR) is 368 cm³/mol. The summed E-state index contributed by atoms with van der Waals surface area (Å²) in [7, 11) is 0. The van der Waals surface area contributed by atoms with Crippen molar-refractivity contribution in [3.63, 3.8) is 0 Å². The van der Waals surface area contributed by atoms with Gasteiger partial charge in [-0.3, -0.25) is 9.13 Å². The average Bonchev–Trinajstić information content (AvgIpc) is 1.52. The lowest BCUT2D eigenvalue weighted by Crippen LogP contribution is -2.03. The molecule has 0 aliphatic carbocycles. The van der Waals surface area contributed by atoms with E-state index in [4.69, 9.17) is 19.9 Å². The molecule has 19 aromatic rings. The van der Waals surface area contributed by atoms with Gasteiger partial charge in [0.1, 0.15) is 0 Å². The average molecular weight is 1120 g/mol. The van der Waals surface area contributed by atoms with E-state index >= 15 is 0 Å². The Kier molecular flexibility index (Phi) is 10.4. The Balaban J connectivity index is 0.734. The van der Waals surface area contributed by atoms with Crippen LogP contribution in [0, 0.1) is 0 Å². The van der Waals surface area contributed by atoms with Crippen LogP contribution < -0.4 is 0 Å². The van der Waals surface area contributed by atoms with E-state index in [9.17, 15) is 0 Å². The number of para-hydroxylation sites is 4. The lowest BCUT2D eigenvalue weighted by atomic mass is 9.89. The van der Waals surface area contributed by atoms with Gasteiger partial charge in [0.25, 0.3) is 0 Å². The van der Waals surface area contributed by atoms with Crippen LogP contribution in [0.4, 0.5) is 0 Å². The number of fused-ring (bicyclic) bond motifs is 20. The van der Waals surface area contributed by atoms with Crippen molar-refractivity contribution in [1.82, 2.24) is 29.1 Å². The minimum atomic E-state index is 0.640. The number of rotatable bonds is 6. The maximum absolute atomic E-state index is 5.55. The predicted octanol–water partition coefficient (Wildman–Crippen LogP) is 21.4. The minimum Gasteiger partial charge on any atom is -0.278 e. The third-order valence-electron chi connectivity index (χ3n) is 18.5. The fraction of sp³-hybridized carbons (Fsp3) is 0. The van der Waals surface area contributed by atoms with Gasteiger partial charge in [-0.05, 0) is 129 Å². The fourth-order valence-corrected chi connectivity index (χ4v) is 14.6. The first-order valence-electron chi connectivity index (χ1n) is 30.0. The van der Waals surface area contributed by atoms with Gasteiger partial charge in [-0.2, -0.15) is 0 Å². The molecule has 0 fully saturated rings. The van der Waals surface area contributed by atoms with Crippen LogP contribution in [-0.2, 0) is 0 Å². The van der Waals surface area contributed by atoms with Crippen LogP contribution in [0.3, 0.4) is 0 Å². The quantitative estimate of drug-likeness (QED) is 0.156. The van der Waals surface area contributed by atoms with Crippen molar-refractivity contribution in [1.29, 1.82) is 0 Å². The van der Waals surface area contributed by atoms with Gasteiger partial charge in [0.2, 0.25) is 11.9 Å². The summed E-state index contributed by atoms with van der Waals surface area (Å²) >= 11 is 0. The molecular weight excluding hydrogens is 1070 g/mol. The molecule has 0 N–H and O–H groups in total. The van der Waals surface area contributed by atoms with Gasteiger partial charge in [-0.15, -0.1) is 0 Å². The van der Waals surface area contributed by atoms with Crippen molar-refractivity contribution in [3.8, 4) is 56.7 Å². The Morgan fingerprint density at radius 3 is 1.18 bits per heavy atom. The molecule has 4 aromatic heterocycles. The van der Waals surface area contributed by atoms with E-state index in [2.05, 4.69) is 300 Å². The normalized spacial score (nSPS) is 12.1. The zero-order valence-electron chi connectivity index (χ0n) is 47.4. The Bertz CT molecular complexity index is 6160. The summed E-state index contributed by atoms with van der Waals surface area (Å²) in [5, 5.41) is 21.4. The summed E-state index contributed by atoms with van der Waals surface area (Å²) in [6.45, 7) is 0. The van der Waals surface area contributed by atoms with Crippen molar-refractivity contribution in [2.75, 3.05) is 0 Å². The lowest BCUT2D eigenvalue weighted by Gasteiger charge is -2.15. The van der Waals surface area contributed by atoms with Crippen LogP contribution in [0.15, 0.2) is 291 Å². The summed E-state index contributed by atoms with van der Waals surface area (Å²) in [5.74, 6) is 1.28. The largest absolute Gasteiger partial charge is 0.278 e. The SMILES string of the molecule is c1ccc(-c2ccc(-c3nc(-n4c5ccccc5c5c6ccc7cc(-c8ccc(-c9nc(-n%10c%11ccccc%11c%11c%12ccc%13ccc%14ccccc%14c%13c%12ccc%11%10)nc%10ccccc9%10)cc8)c8ccccc8c7c6ccc54)nc4ccccc34)cc2)cc1. The summed E-state index contributed by atoms with van der Waals surface area (Å²) < 4.78 is 4.52. The second-order valence-electron chi connectivity index (χ2n) is 23.2. The van der Waals surface area contributed by atoms with Crippen LogP contribution >= 0.6 is 0 Å². The highest BCUT2D eigenvalue weighted by Crippen LogP contribution is 2.45. The number of hydrogen-bond acceptors (Lipinski definition) is 4. The van der Waals surface area contributed by atoms with Gasteiger partial charge in [0.05, 0.1) is 44.5 Å². The van der Waals surface area contributed by atoms with E-state index < -0.39 is 0 Å². The topological polar surface area (TPSA) is 61.4 Å². The molecule has 0 spiro atoms. The molecule has 0 bridgehead atoms. The first-order chi connectivity index (χ1) is 43.6. The number of hydrogen-bond donors (Lipinski definition) is 0. The van der Waals surface area contributed by atoms with Crippen LogP contribution in [0.5, 0.6) is 0 Å². The molecule has 0 saturated carbocycles. The first kappa shape index (κ1) is 48.5. The van der Waals surface area contributed by atoms with Crippen LogP contribution in [0.25, 0.3) is 187 Å². The monoisotopic (exact) mass is 1120 g/mol. The molecule has 0 saturated heterocycles. The van der Waals surface area contributed by atoms with Gasteiger partial charge < -0.3 is 0 Å². The highest BCUT2D eigenvalue weighted by molar-refractivity contribution is 6.31. The molecule has 4 heterocycles. The summed E-state index contributed by atoms with van der Waals surface area (Å²) in [6.07, 6.45) is 0. The molecule has 0 atom stereocenters. The van der Waals surface area contributed by atoms with Gasteiger partial charge in [-0.25, -0.2) is 19.9 Å². The van der Waals surface area contributed by atoms with Crippen LogP contribution in [0.2, 0.25) is 0 Å². The molecule has 6 nitrogen and oxygen atoms in total. The third-order valence-corrected chi connectivity index (χ3v) is 18.5. The summed E-state index contributed by atoms with van der Waals surface area (Å²) in [5.41, 5.74) is 14.6. The highest BCUT2D eigenvalue weighted by atomic mass is 15.2. The van der Waals surface area contributed by atoms with E-state index in [1.165, 1.54) is 97.5 Å². The molecule has 88 heavy (non-hydrogen) atoms. The highest BCUT2D eigenvalue weighted by Gasteiger charge is 2.23. The molecule has 15 aromatic carbocycles. The number of nitrogens with zero attached hydrogens (tertiary/aromatic N) is 6. The maximum atomic E-state index is 5.55. The van der Waals surface area contributed by atoms with Crippen molar-refractivity contribution in [2.24, 2.45) is 0 Å². The van der Waals surface area contributed by atoms with Crippen LogP contribution in [-0.4, -0.2) is 29.1 Å². The molecule has 6 heteroatoms. The summed E-state index contributed by atoms with van der Waals surface area (Å²) in [6, 6.07) is 105. The Morgan fingerprint density at radius 2 is 0.591 bits per heavy atom. The molecule has 0 amide bonds. The maximum Gasteiger partial charge on any atom is 0.235 e. The van der Waals surface area contributed by atoms with Gasteiger partial charge in [-0.1, -0.05) is 249 Å². The van der Waals surface area contributed by atoms with E-state index in [1.807, 2.05) is 0 Å². The molecule has 0 aliphatic heterocycles. The third kappa shape index (κ3) is 7.17. The Labute approximate surface area is 504 Å². The lowest BCUT2D eigenvalue weighted by molar-refractivity contribution is 1.01. The molecule has 0 unspecified atom stereocenters. The van der Waals surface area contributed by atoms with E-state index in [1.54, 1.807) is 0 Å². The van der Waals surface area contributed by atoms with E-state index in [0.717, 1.165) is 77.3 Å². The second-order valence-corrected chi connectivity index (χ2v) is 23.2. The minimum absolute atomic E-state index is 0.640. The summed E-state index contributed by atoms with van der Waals surface area (Å²) in [4.78, 5) is 21.7. The zero-order valence-corrected chi connectivity index (χ0v) is 47.4. The smallest absolute Gasteiger partial charge is 0.235 e. The molecule has 406 valence electrons. The van der Waals surface area contributed by atoms with E-state index in [0.29, 0.717) is 11.9 Å². The zero-order chi connectivity index (χ0) is 57.6. The number of aromatic nitrogens is 6. The van der Waals surface area contributed by atoms with E-state index in [-0.39, 0.29) is 0 Å². The van der Waals surface area contributed by atoms with Crippen molar-refractivity contribution < 1.29 is 0 Å². The van der Waals surface area contributed by atoms with Crippen molar-refractivity contribution in [3.05, 3.63) is 291 Å². The Hall–Kier alpha value is -11.9. The van der Waals surface area contributed by atoms with Gasteiger partial charge in [0.15, 0.2) is 0 Å². The first-order valence-corrected chi connectivity index (χ1v) is 30.0. The van der Waals surface area contributed by atoms with Gasteiger partial charge >= 0.3 is 0 Å². The Morgan fingerprint density at radius 1 is 0.205 bits per heavy atom. The van der Waals surface area contributed by atoms with Crippen LogP contribution in [0.1, 0.15) is 0 Å². The van der Waals surface area contributed by atoms with Crippen molar-refractivity contribution >= 4 is 130 Å². The fourth-order valence-electron chi connectivity index (χ4n) is 14.6. The second kappa shape index (κ2) is 18.8. The number of benzene rings is 15. The van der Waals surface area contributed by atoms with Gasteiger partial charge in [0, 0.05) is 43.4 Å². The molecule has 0 aliphatic rings. The van der Waals surface area contributed by atoms with Crippen molar-refractivity contribution in [2.45, 2.75) is 0 Å². The molecular formula is C82H48N6. The molecule has 19 rings (SSSR count).